The van der Waals surface area contributed by atoms with Crippen LogP contribution in [-0.4, -0.2) is 37.9 Å². The number of allylic oxidation sites excluding steroid dienone is 12. The second-order valence-corrected chi connectivity index (χ2v) is 18.8. The Balaban J connectivity index is 4.29. The van der Waals surface area contributed by atoms with E-state index in [-0.39, 0.29) is 25.2 Å². The molecule has 0 amide bonds. The molecule has 0 rings (SSSR count). The zero-order valence-corrected chi connectivity index (χ0v) is 44.0. The molecule has 0 bridgehead atoms. The van der Waals surface area contributed by atoms with Gasteiger partial charge in [0.1, 0.15) is 6.61 Å². The highest BCUT2D eigenvalue weighted by molar-refractivity contribution is 5.70. The molecule has 0 heterocycles. The summed E-state index contributed by atoms with van der Waals surface area (Å²) in [6.07, 6.45) is 73.4. The molecule has 5 heteroatoms. The van der Waals surface area contributed by atoms with Gasteiger partial charge in [-0.05, 0) is 109 Å². The largest absolute Gasteiger partial charge is 0.462 e. The second-order valence-electron chi connectivity index (χ2n) is 18.8. The minimum absolute atomic E-state index is 0.0726. The van der Waals surface area contributed by atoms with Crippen LogP contribution in [0.4, 0.5) is 0 Å². The fourth-order valence-electron chi connectivity index (χ4n) is 7.96. The number of carbonyl (C=O) groups excluding carboxylic acids is 2. The Hall–Kier alpha value is -2.66. The molecule has 0 aliphatic carbocycles. The average molecular weight is 922 g/mol. The molecule has 0 aromatic carbocycles. The van der Waals surface area contributed by atoms with Gasteiger partial charge >= 0.3 is 11.9 Å². The molecule has 0 aliphatic heterocycles. The van der Waals surface area contributed by atoms with Crippen molar-refractivity contribution in [3.8, 4) is 0 Å². The van der Waals surface area contributed by atoms with Crippen molar-refractivity contribution in [2.24, 2.45) is 0 Å². The Morgan fingerprint density at radius 2 is 0.682 bits per heavy atom. The van der Waals surface area contributed by atoms with E-state index in [4.69, 9.17) is 14.2 Å². The van der Waals surface area contributed by atoms with Crippen LogP contribution in [0, 0.1) is 0 Å². The minimum atomic E-state index is -0.553. The fraction of sp³-hybridized carbons (Fsp3) is 0.770. The van der Waals surface area contributed by atoms with Gasteiger partial charge in [0.25, 0.3) is 0 Å². The summed E-state index contributed by atoms with van der Waals surface area (Å²) in [6.45, 7) is 7.68. The van der Waals surface area contributed by atoms with Gasteiger partial charge in [0.15, 0.2) is 6.10 Å². The maximum absolute atomic E-state index is 12.8. The maximum Gasteiger partial charge on any atom is 0.306 e. The lowest BCUT2D eigenvalue weighted by Gasteiger charge is -2.18. The summed E-state index contributed by atoms with van der Waals surface area (Å²) >= 11 is 0. The Bertz CT molecular complexity index is 1180. The standard InChI is InChI=1S/C61H108O5/c1-4-7-10-13-16-19-22-25-28-30-31-32-34-36-39-42-45-48-51-54-60(62)65-58-59(57-64-56-53-50-47-44-41-38-35-29-26-23-20-17-14-11-8-5-2)66-61(63)55-52-49-46-43-40-37-33-27-24-21-18-15-12-9-6-3/h9,12,16,18-19,21,25-29,33,59H,4-8,10-11,13-15,17,20,22-24,30-32,34-58H2,1-3H3/b12-9-,19-16-,21-18-,28-25-,29-26-,33-27-. The van der Waals surface area contributed by atoms with Gasteiger partial charge in [-0.2, -0.15) is 0 Å². The van der Waals surface area contributed by atoms with Crippen LogP contribution in [0.25, 0.3) is 0 Å². The predicted octanol–water partition coefficient (Wildman–Crippen LogP) is 19.5. The lowest BCUT2D eigenvalue weighted by atomic mass is 10.1. The smallest absolute Gasteiger partial charge is 0.306 e. The Labute approximate surface area is 410 Å². The van der Waals surface area contributed by atoms with Crippen molar-refractivity contribution < 1.29 is 23.8 Å². The third-order valence-corrected chi connectivity index (χ3v) is 12.2. The fourth-order valence-corrected chi connectivity index (χ4v) is 7.96. The number of carbonyl (C=O) groups is 2. The second kappa shape index (κ2) is 56.7. The first-order valence-corrected chi connectivity index (χ1v) is 28.5. The van der Waals surface area contributed by atoms with Crippen LogP contribution < -0.4 is 0 Å². The van der Waals surface area contributed by atoms with Crippen LogP contribution in [-0.2, 0) is 23.8 Å². The summed E-state index contributed by atoms with van der Waals surface area (Å²) < 4.78 is 17.5. The maximum atomic E-state index is 12.8. The summed E-state index contributed by atoms with van der Waals surface area (Å²) in [6, 6.07) is 0. The van der Waals surface area contributed by atoms with Gasteiger partial charge in [-0.3, -0.25) is 9.59 Å². The number of hydrogen-bond donors (Lipinski definition) is 0. The number of rotatable bonds is 52. The first-order chi connectivity index (χ1) is 32.6. The van der Waals surface area contributed by atoms with Crippen molar-refractivity contribution in [1.29, 1.82) is 0 Å². The molecule has 0 N–H and O–H groups in total. The Kier molecular flexibility index (Phi) is 54.4. The van der Waals surface area contributed by atoms with E-state index in [0.29, 0.717) is 19.4 Å². The third-order valence-electron chi connectivity index (χ3n) is 12.2. The quantitative estimate of drug-likeness (QED) is 0.0346. The first-order valence-electron chi connectivity index (χ1n) is 28.5. The monoisotopic (exact) mass is 921 g/mol. The molecule has 0 saturated carbocycles. The molecule has 5 nitrogen and oxygen atoms in total. The van der Waals surface area contributed by atoms with Crippen LogP contribution in [0.5, 0.6) is 0 Å². The number of ether oxygens (including phenoxy) is 3. The van der Waals surface area contributed by atoms with E-state index in [1.807, 2.05) is 0 Å². The van der Waals surface area contributed by atoms with Crippen LogP contribution in [0.1, 0.15) is 278 Å². The summed E-state index contributed by atoms with van der Waals surface area (Å²) in [5.41, 5.74) is 0. The predicted molar refractivity (Wildman–Crippen MR) is 288 cm³/mol. The lowest BCUT2D eigenvalue weighted by Crippen LogP contribution is -2.30. The molecular weight excluding hydrogens is 813 g/mol. The molecule has 0 spiro atoms. The molecule has 0 aromatic rings. The molecule has 0 radical (unpaired) electrons. The van der Waals surface area contributed by atoms with Crippen molar-refractivity contribution in [2.45, 2.75) is 284 Å². The Morgan fingerprint density at radius 1 is 0.348 bits per heavy atom. The summed E-state index contributed by atoms with van der Waals surface area (Å²) in [5.74, 6) is -0.418. The average Bonchev–Trinajstić information content (AvgIpc) is 3.32. The van der Waals surface area contributed by atoms with Gasteiger partial charge in [0.2, 0.25) is 0 Å². The van der Waals surface area contributed by atoms with E-state index in [9.17, 15) is 9.59 Å². The summed E-state index contributed by atoms with van der Waals surface area (Å²) in [5, 5.41) is 0. The molecule has 382 valence electrons. The van der Waals surface area contributed by atoms with E-state index >= 15 is 0 Å². The van der Waals surface area contributed by atoms with E-state index in [1.165, 1.54) is 167 Å². The van der Waals surface area contributed by atoms with Crippen LogP contribution in [0.15, 0.2) is 72.9 Å². The van der Waals surface area contributed by atoms with Crippen molar-refractivity contribution >= 4 is 11.9 Å². The number of esters is 2. The van der Waals surface area contributed by atoms with E-state index < -0.39 is 6.10 Å². The first kappa shape index (κ1) is 63.3. The van der Waals surface area contributed by atoms with E-state index in [0.717, 1.165) is 77.0 Å². The normalized spacial score (nSPS) is 12.7. The van der Waals surface area contributed by atoms with Crippen molar-refractivity contribution in [3.05, 3.63) is 72.9 Å². The van der Waals surface area contributed by atoms with Gasteiger partial charge in [-0.25, -0.2) is 0 Å². The SMILES string of the molecule is CC/C=C\C/C=C\C/C=C\CCCCCCCC(=O)OC(COCCCCCCCC/C=C\CCCCCCCC)COC(=O)CCCCCCCCCCC/C=C\C/C=C\CCCCC. The molecule has 0 aromatic heterocycles. The molecular formula is C61H108O5. The zero-order chi connectivity index (χ0) is 47.7. The van der Waals surface area contributed by atoms with Crippen LogP contribution in [0.2, 0.25) is 0 Å². The van der Waals surface area contributed by atoms with Gasteiger partial charge in [0, 0.05) is 19.4 Å². The zero-order valence-electron chi connectivity index (χ0n) is 44.0. The Morgan fingerprint density at radius 3 is 1.14 bits per heavy atom. The van der Waals surface area contributed by atoms with Gasteiger partial charge in [0.05, 0.1) is 6.61 Å². The topological polar surface area (TPSA) is 61.8 Å². The van der Waals surface area contributed by atoms with Crippen molar-refractivity contribution in [2.75, 3.05) is 19.8 Å². The van der Waals surface area contributed by atoms with Gasteiger partial charge in [-0.15, -0.1) is 0 Å². The van der Waals surface area contributed by atoms with Crippen LogP contribution in [0.3, 0.4) is 0 Å². The summed E-state index contributed by atoms with van der Waals surface area (Å²) in [7, 11) is 0. The molecule has 0 fully saturated rings. The van der Waals surface area contributed by atoms with Crippen molar-refractivity contribution in [1.82, 2.24) is 0 Å². The van der Waals surface area contributed by atoms with E-state index in [1.54, 1.807) is 0 Å². The molecule has 66 heavy (non-hydrogen) atoms. The molecule has 1 unspecified atom stereocenters. The van der Waals surface area contributed by atoms with E-state index in [2.05, 4.69) is 93.7 Å². The molecule has 0 aliphatic rings. The highest BCUT2D eigenvalue weighted by atomic mass is 16.6. The molecule has 0 saturated heterocycles. The highest BCUT2D eigenvalue weighted by Gasteiger charge is 2.17. The third kappa shape index (κ3) is 54.0. The van der Waals surface area contributed by atoms with Crippen LogP contribution >= 0.6 is 0 Å². The summed E-state index contributed by atoms with van der Waals surface area (Å²) in [4.78, 5) is 25.5. The number of hydrogen-bond acceptors (Lipinski definition) is 5. The van der Waals surface area contributed by atoms with Gasteiger partial charge in [-0.1, -0.05) is 229 Å². The minimum Gasteiger partial charge on any atom is -0.462 e. The number of unbranched alkanes of at least 4 members (excludes halogenated alkanes) is 29. The van der Waals surface area contributed by atoms with Crippen molar-refractivity contribution in [3.63, 3.8) is 0 Å². The highest BCUT2D eigenvalue weighted by Crippen LogP contribution is 2.15. The molecule has 1 atom stereocenters. The van der Waals surface area contributed by atoms with Gasteiger partial charge < -0.3 is 14.2 Å². The lowest BCUT2D eigenvalue weighted by molar-refractivity contribution is -0.163.